The third kappa shape index (κ3) is 5.90. The van der Waals surface area contributed by atoms with Crippen LogP contribution in [0, 0.1) is 12.8 Å². The van der Waals surface area contributed by atoms with Crippen molar-refractivity contribution in [3.8, 4) is 0 Å². The Bertz CT molecular complexity index is 1040. The van der Waals surface area contributed by atoms with Crippen molar-refractivity contribution in [1.29, 1.82) is 0 Å². The monoisotopic (exact) mass is 463 g/mol. The maximum absolute atomic E-state index is 13.2. The number of nitrogens with one attached hydrogen (secondary N) is 1. The van der Waals surface area contributed by atoms with Crippen LogP contribution in [-0.2, 0) is 16.1 Å². The summed E-state index contributed by atoms with van der Waals surface area (Å²) >= 11 is 0. The van der Waals surface area contributed by atoms with Gasteiger partial charge in [-0.2, -0.15) is 0 Å². The molecular weight excluding hydrogens is 430 g/mol. The Hall–Kier alpha value is -3.48. The number of imide groups is 1. The summed E-state index contributed by atoms with van der Waals surface area (Å²) in [6.07, 6.45) is 0.454. The number of aryl methyl sites for hydroxylation is 1. The molecule has 2 aromatic carbocycles. The molecular formula is C27H33N3O4. The normalized spacial score (nSPS) is 13.7. The van der Waals surface area contributed by atoms with E-state index in [1.807, 2.05) is 45.0 Å². The topological polar surface area (TPSA) is 86.8 Å². The Balaban J connectivity index is 1.66. The Morgan fingerprint density at radius 3 is 2.21 bits per heavy atom. The zero-order valence-electron chi connectivity index (χ0n) is 20.3. The number of benzene rings is 2. The maximum atomic E-state index is 13.2. The first-order valence-electron chi connectivity index (χ1n) is 11.8. The lowest BCUT2D eigenvalue weighted by Gasteiger charge is -2.29. The number of hydrogen-bond acceptors (Lipinski definition) is 4. The molecule has 0 fully saturated rings. The van der Waals surface area contributed by atoms with Gasteiger partial charge >= 0.3 is 0 Å². The molecule has 1 heterocycles. The highest BCUT2D eigenvalue weighted by Gasteiger charge is 2.35. The van der Waals surface area contributed by atoms with Crippen LogP contribution in [-0.4, -0.2) is 52.6 Å². The van der Waals surface area contributed by atoms with Gasteiger partial charge in [-0.25, -0.2) is 0 Å². The molecule has 0 saturated heterocycles. The van der Waals surface area contributed by atoms with Gasteiger partial charge in [-0.05, 0) is 43.9 Å². The molecule has 4 amide bonds. The van der Waals surface area contributed by atoms with Crippen molar-refractivity contribution in [2.75, 3.05) is 13.1 Å². The van der Waals surface area contributed by atoms with Crippen LogP contribution in [0.4, 0.5) is 0 Å². The molecule has 1 N–H and O–H groups in total. The molecule has 0 aromatic heterocycles. The van der Waals surface area contributed by atoms with E-state index in [4.69, 9.17) is 0 Å². The molecule has 1 atom stereocenters. The fraction of sp³-hybridized carbons (Fsp3) is 0.407. The summed E-state index contributed by atoms with van der Waals surface area (Å²) in [6.45, 7) is 8.74. The lowest BCUT2D eigenvalue weighted by Crippen LogP contribution is -2.48. The van der Waals surface area contributed by atoms with Crippen molar-refractivity contribution in [3.05, 3.63) is 70.8 Å². The smallest absolute Gasteiger partial charge is 0.261 e. The Morgan fingerprint density at radius 1 is 0.971 bits per heavy atom. The standard InChI is InChI=1S/C27H33N3O4/c1-18(2)16-28-25(32)20(4)30(17-21-10-7-9-19(3)15-21)24(31)13-8-14-29-26(33)22-11-5-6-12-23(22)27(29)34/h5-7,9-12,15,18,20H,8,13-14,16-17H2,1-4H3,(H,28,32). The third-order valence-corrected chi connectivity index (χ3v) is 5.94. The predicted octanol–water partition coefficient (Wildman–Crippen LogP) is 3.56. The molecule has 0 aliphatic carbocycles. The van der Waals surface area contributed by atoms with E-state index in [1.54, 1.807) is 36.1 Å². The molecule has 1 aliphatic heterocycles. The van der Waals surface area contributed by atoms with E-state index in [0.29, 0.717) is 36.6 Å². The Kier molecular flexibility index (Phi) is 8.21. The first kappa shape index (κ1) is 25.1. The quantitative estimate of drug-likeness (QED) is 0.546. The van der Waals surface area contributed by atoms with Crippen molar-refractivity contribution in [1.82, 2.24) is 15.1 Å². The van der Waals surface area contributed by atoms with Gasteiger partial charge in [0.05, 0.1) is 11.1 Å². The Morgan fingerprint density at radius 2 is 1.62 bits per heavy atom. The molecule has 1 unspecified atom stereocenters. The molecule has 0 bridgehead atoms. The molecule has 0 saturated carbocycles. The van der Waals surface area contributed by atoms with Crippen molar-refractivity contribution in [3.63, 3.8) is 0 Å². The predicted molar refractivity (Wildman–Crippen MR) is 130 cm³/mol. The minimum atomic E-state index is -0.647. The fourth-order valence-corrected chi connectivity index (χ4v) is 4.02. The second kappa shape index (κ2) is 11.1. The summed E-state index contributed by atoms with van der Waals surface area (Å²) in [6, 6.07) is 13.9. The van der Waals surface area contributed by atoms with E-state index in [2.05, 4.69) is 5.32 Å². The number of carbonyl (C=O) groups is 4. The van der Waals surface area contributed by atoms with Gasteiger partial charge in [0.15, 0.2) is 0 Å². The average Bonchev–Trinajstić information content (AvgIpc) is 3.05. The summed E-state index contributed by atoms with van der Waals surface area (Å²) in [4.78, 5) is 53.9. The molecule has 1 aliphatic rings. The molecule has 7 heteroatoms. The molecule has 0 spiro atoms. The summed E-state index contributed by atoms with van der Waals surface area (Å²) in [5, 5.41) is 2.91. The molecule has 3 rings (SSSR count). The van der Waals surface area contributed by atoms with Crippen molar-refractivity contribution < 1.29 is 19.2 Å². The SMILES string of the molecule is Cc1cccc(CN(C(=O)CCCN2C(=O)c3ccccc3C2=O)C(C)C(=O)NCC(C)C)c1. The average molecular weight is 464 g/mol. The summed E-state index contributed by atoms with van der Waals surface area (Å²) in [5.41, 5.74) is 2.82. The van der Waals surface area contributed by atoms with Crippen molar-refractivity contribution >= 4 is 23.6 Å². The van der Waals surface area contributed by atoms with Gasteiger partial charge in [-0.1, -0.05) is 55.8 Å². The number of hydrogen-bond donors (Lipinski definition) is 1. The number of nitrogens with zero attached hydrogens (tertiary/aromatic N) is 2. The van der Waals surface area contributed by atoms with E-state index in [1.165, 1.54) is 4.90 Å². The number of amides is 4. The van der Waals surface area contributed by atoms with E-state index in [-0.39, 0.29) is 36.6 Å². The zero-order valence-corrected chi connectivity index (χ0v) is 20.3. The third-order valence-electron chi connectivity index (χ3n) is 5.94. The van der Waals surface area contributed by atoms with Crippen LogP contribution in [0.3, 0.4) is 0 Å². The summed E-state index contributed by atoms with van der Waals surface area (Å²) in [7, 11) is 0. The van der Waals surface area contributed by atoms with Crippen LogP contribution in [0.1, 0.15) is 65.5 Å². The van der Waals surface area contributed by atoms with Crippen LogP contribution < -0.4 is 5.32 Å². The number of rotatable bonds is 10. The highest BCUT2D eigenvalue weighted by atomic mass is 16.2. The van der Waals surface area contributed by atoms with Crippen molar-refractivity contribution in [2.24, 2.45) is 5.92 Å². The van der Waals surface area contributed by atoms with Crippen LogP contribution in [0.2, 0.25) is 0 Å². The van der Waals surface area contributed by atoms with Crippen LogP contribution >= 0.6 is 0 Å². The lowest BCUT2D eigenvalue weighted by atomic mass is 10.1. The first-order chi connectivity index (χ1) is 16.2. The van der Waals surface area contributed by atoms with E-state index in [9.17, 15) is 19.2 Å². The highest BCUT2D eigenvalue weighted by Crippen LogP contribution is 2.23. The van der Waals surface area contributed by atoms with E-state index < -0.39 is 6.04 Å². The van der Waals surface area contributed by atoms with E-state index in [0.717, 1.165) is 11.1 Å². The van der Waals surface area contributed by atoms with Crippen LogP contribution in [0.25, 0.3) is 0 Å². The molecule has 0 radical (unpaired) electrons. The summed E-state index contributed by atoms with van der Waals surface area (Å²) in [5.74, 6) is -0.741. The molecule has 180 valence electrons. The molecule has 7 nitrogen and oxygen atoms in total. The van der Waals surface area contributed by atoms with Gasteiger partial charge in [0, 0.05) is 26.1 Å². The van der Waals surface area contributed by atoms with E-state index >= 15 is 0 Å². The minimum absolute atomic E-state index is 0.126. The van der Waals surface area contributed by atoms with Gasteiger partial charge in [-0.3, -0.25) is 24.1 Å². The lowest BCUT2D eigenvalue weighted by molar-refractivity contribution is -0.140. The fourth-order valence-electron chi connectivity index (χ4n) is 4.02. The van der Waals surface area contributed by atoms with Gasteiger partial charge in [0.25, 0.3) is 11.8 Å². The highest BCUT2D eigenvalue weighted by molar-refractivity contribution is 6.21. The number of fused-ring (bicyclic) bond motifs is 1. The van der Waals surface area contributed by atoms with Gasteiger partial charge < -0.3 is 10.2 Å². The zero-order chi connectivity index (χ0) is 24.8. The largest absolute Gasteiger partial charge is 0.354 e. The first-order valence-corrected chi connectivity index (χ1v) is 11.8. The summed E-state index contributed by atoms with van der Waals surface area (Å²) < 4.78 is 0. The Labute approximate surface area is 201 Å². The minimum Gasteiger partial charge on any atom is -0.354 e. The van der Waals surface area contributed by atoms with Gasteiger partial charge in [-0.15, -0.1) is 0 Å². The van der Waals surface area contributed by atoms with Gasteiger partial charge in [0.1, 0.15) is 6.04 Å². The maximum Gasteiger partial charge on any atom is 0.261 e. The molecule has 2 aromatic rings. The number of carbonyl (C=O) groups excluding carboxylic acids is 4. The second-order valence-corrected chi connectivity index (χ2v) is 9.24. The van der Waals surface area contributed by atoms with Crippen LogP contribution in [0.5, 0.6) is 0 Å². The second-order valence-electron chi connectivity index (χ2n) is 9.24. The van der Waals surface area contributed by atoms with Gasteiger partial charge in [0.2, 0.25) is 11.8 Å². The van der Waals surface area contributed by atoms with Crippen LogP contribution in [0.15, 0.2) is 48.5 Å². The molecule has 34 heavy (non-hydrogen) atoms. The van der Waals surface area contributed by atoms with Crippen molar-refractivity contribution in [2.45, 2.75) is 53.1 Å².